The fourth-order valence-electron chi connectivity index (χ4n) is 0.869. The first kappa shape index (κ1) is 8.93. The van der Waals surface area contributed by atoms with Crippen LogP contribution in [0.2, 0.25) is 0 Å². The van der Waals surface area contributed by atoms with E-state index in [1.807, 2.05) is 0 Å². The van der Waals surface area contributed by atoms with Crippen LogP contribution in [0.25, 0.3) is 0 Å². The van der Waals surface area contributed by atoms with E-state index >= 15 is 0 Å². The van der Waals surface area contributed by atoms with Crippen LogP contribution in [0, 0.1) is 6.92 Å². The maximum atomic E-state index is 11.0. The summed E-state index contributed by atoms with van der Waals surface area (Å²) in [5.41, 5.74) is -0.721. The van der Waals surface area contributed by atoms with Crippen molar-refractivity contribution in [1.29, 1.82) is 0 Å². The number of nitrogens with zero attached hydrogens (tertiary/aromatic N) is 1. The van der Waals surface area contributed by atoms with Gasteiger partial charge >= 0.3 is 0 Å². The van der Waals surface area contributed by atoms with E-state index < -0.39 is 5.60 Å². The number of aromatic amines is 1. The number of hydrogen-bond acceptors (Lipinski definition) is 3. The van der Waals surface area contributed by atoms with Gasteiger partial charge in [0.25, 0.3) is 5.56 Å². The zero-order valence-corrected chi connectivity index (χ0v) is 7.38. The van der Waals surface area contributed by atoms with Crippen LogP contribution in [0.1, 0.15) is 25.4 Å². The summed E-state index contributed by atoms with van der Waals surface area (Å²) >= 11 is 0. The molecule has 0 amide bonds. The standard InChI is InChI=1S/C8H12N2O2/c1-5-4-6(11)10-7(9-5)8(2,3)12/h4,12H,1-3H3,(H,9,10,11). The predicted molar refractivity (Wildman–Crippen MR) is 44.8 cm³/mol. The Bertz CT molecular complexity index is 336. The molecule has 4 nitrogen and oxygen atoms in total. The number of nitrogens with one attached hydrogen (secondary N) is 1. The van der Waals surface area contributed by atoms with Gasteiger partial charge in [0.1, 0.15) is 11.4 Å². The number of H-pyrrole nitrogens is 1. The fraction of sp³-hybridized carbons (Fsp3) is 0.500. The zero-order chi connectivity index (χ0) is 9.35. The van der Waals surface area contributed by atoms with Gasteiger partial charge in [0, 0.05) is 11.8 Å². The van der Waals surface area contributed by atoms with Gasteiger partial charge in [-0.15, -0.1) is 0 Å². The van der Waals surface area contributed by atoms with Crippen molar-refractivity contribution in [3.8, 4) is 0 Å². The SMILES string of the molecule is Cc1cc(=O)[nH]c(C(C)(C)O)n1. The van der Waals surface area contributed by atoms with Crippen LogP contribution in [0.4, 0.5) is 0 Å². The van der Waals surface area contributed by atoms with Crippen molar-refractivity contribution >= 4 is 0 Å². The monoisotopic (exact) mass is 168 g/mol. The lowest BCUT2D eigenvalue weighted by Crippen LogP contribution is -2.24. The van der Waals surface area contributed by atoms with E-state index in [4.69, 9.17) is 0 Å². The second kappa shape index (κ2) is 2.71. The second-order valence-corrected chi connectivity index (χ2v) is 3.29. The molecular weight excluding hydrogens is 156 g/mol. The van der Waals surface area contributed by atoms with Gasteiger partial charge in [-0.25, -0.2) is 4.98 Å². The Hall–Kier alpha value is -1.16. The van der Waals surface area contributed by atoms with Crippen LogP contribution in [-0.2, 0) is 5.60 Å². The number of rotatable bonds is 1. The number of aliphatic hydroxyl groups is 1. The number of aromatic nitrogens is 2. The fourth-order valence-corrected chi connectivity index (χ4v) is 0.869. The molecule has 1 aromatic rings. The minimum absolute atomic E-state index is 0.236. The van der Waals surface area contributed by atoms with Crippen LogP contribution < -0.4 is 5.56 Å². The maximum absolute atomic E-state index is 11.0. The van der Waals surface area contributed by atoms with Crippen LogP contribution >= 0.6 is 0 Å². The van der Waals surface area contributed by atoms with Crippen molar-refractivity contribution in [2.45, 2.75) is 26.4 Å². The molecule has 0 bridgehead atoms. The van der Waals surface area contributed by atoms with Crippen molar-refractivity contribution in [3.05, 3.63) is 27.9 Å². The van der Waals surface area contributed by atoms with Gasteiger partial charge < -0.3 is 10.1 Å². The van der Waals surface area contributed by atoms with Crippen LogP contribution in [-0.4, -0.2) is 15.1 Å². The van der Waals surface area contributed by atoms with Gasteiger partial charge in [-0.05, 0) is 20.8 Å². The van der Waals surface area contributed by atoms with Crippen LogP contribution in [0.15, 0.2) is 10.9 Å². The first-order chi connectivity index (χ1) is 5.39. The number of aryl methyl sites for hydroxylation is 1. The molecule has 66 valence electrons. The van der Waals surface area contributed by atoms with E-state index in [0.29, 0.717) is 11.5 Å². The average molecular weight is 168 g/mol. The van der Waals surface area contributed by atoms with Crippen molar-refractivity contribution < 1.29 is 5.11 Å². The second-order valence-electron chi connectivity index (χ2n) is 3.29. The van der Waals surface area contributed by atoms with Gasteiger partial charge in [-0.3, -0.25) is 4.79 Å². The third-order valence-corrected chi connectivity index (χ3v) is 1.45. The summed E-state index contributed by atoms with van der Waals surface area (Å²) in [4.78, 5) is 17.4. The molecule has 0 atom stereocenters. The molecule has 0 radical (unpaired) electrons. The molecule has 12 heavy (non-hydrogen) atoms. The summed E-state index contributed by atoms with van der Waals surface area (Å²) in [7, 11) is 0. The summed E-state index contributed by atoms with van der Waals surface area (Å²) in [6.45, 7) is 4.86. The first-order valence-electron chi connectivity index (χ1n) is 3.70. The van der Waals surface area contributed by atoms with Gasteiger partial charge in [0.05, 0.1) is 0 Å². The highest BCUT2D eigenvalue weighted by atomic mass is 16.3. The molecule has 4 heteroatoms. The molecule has 0 saturated carbocycles. The Balaban J connectivity index is 3.27. The molecule has 0 aromatic carbocycles. The van der Waals surface area contributed by atoms with Gasteiger partial charge in [0.15, 0.2) is 0 Å². The van der Waals surface area contributed by atoms with Crippen molar-refractivity contribution in [2.24, 2.45) is 0 Å². The molecule has 0 spiro atoms. The normalized spacial score (nSPS) is 11.7. The summed E-state index contributed by atoms with van der Waals surface area (Å²) < 4.78 is 0. The van der Waals surface area contributed by atoms with E-state index in [2.05, 4.69) is 9.97 Å². The molecule has 2 N–H and O–H groups in total. The molecule has 0 saturated heterocycles. The van der Waals surface area contributed by atoms with E-state index in [-0.39, 0.29) is 5.56 Å². The highest BCUT2D eigenvalue weighted by Gasteiger charge is 2.18. The Morgan fingerprint density at radius 2 is 2.17 bits per heavy atom. The highest BCUT2D eigenvalue weighted by Crippen LogP contribution is 2.12. The highest BCUT2D eigenvalue weighted by molar-refractivity contribution is 5.04. The molecule has 0 aliphatic carbocycles. The number of hydrogen-bond donors (Lipinski definition) is 2. The van der Waals surface area contributed by atoms with Gasteiger partial charge in [-0.2, -0.15) is 0 Å². The third kappa shape index (κ3) is 1.92. The average Bonchev–Trinajstić information content (AvgIpc) is 1.82. The molecule has 0 unspecified atom stereocenters. The van der Waals surface area contributed by atoms with Crippen molar-refractivity contribution in [1.82, 2.24) is 9.97 Å². The van der Waals surface area contributed by atoms with Crippen LogP contribution in [0.3, 0.4) is 0 Å². The quantitative estimate of drug-likeness (QED) is 0.634. The first-order valence-corrected chi connectivity index (χ1v) is 3.70. The third-order valence-electron chi connectivity index (χ3n) is 1.45. The Morgan fingerprint density at radius 1 is 1.58 bits per heavy atom. The van der Waals surface area contributed by atoms with Crippen LogP contribution in [0.5, 0.6) is 0 Å². The summed E-state index contributed by atoms with van der Waals surface area (Å²) in [6.07, 6.45) is 0. The minimum atomic E-state index is -1.09. The van der Waals surface area contributed by atoms with Gasteiger partial charge in [0.2, 0.25) is 0 Å². The molecule has 1 rings (SSSR count). The van der Waals surface area contributed by atoms with E-state index in [9.17, 15) is 9.90 Å². The summed E-state index contributed by atoms with van der Waals surface area (Å²) in [6, 6.07) is 1.38. The van der Waals surface area contributed by atoms with E-state index in [0.717, 1.165) is 0 Å². The molecule has 1 aromatic heterocycles. The predicted octanol–water partition coefficient (Wildman–Crippen LogP) is 0.306. The lowest BCUT2D eigenvalue weighted by molar-refractivity contribution is 0.0682. The Morgan fingerprint density at radius 3 is 2.58 bits per heavy atom. The zero-order valence-electron chi connectivity index (χ0n) is 7.38. The molecule has 0 aliphatic heterocycles. The minimum Gasteiger partial charge on any atom is -0.383 e. The molecule has 1 heterocycles. The lowest BCUT2D eigenvalue weighted by Gasteiger charge is -2.15. The molecule has 0 aliphatic rings. The van der Waals surface area contributed by atoms with Crippen molar-refractivity contribution in [2.75, 3.05) is 0 Å². The largest absolute Gasteiger partial charge is 0.383 e. The summed E-state index contributed by atoms with van der Waals surface area (Å²) in [5.74, 6) is 0.299. The molecular formula is C8H12N2O2. The van der Waals surface area contributed by atoms with Crippen molar-refractivity contribution in [3.63, 3.8) is 0 Å². The van der Waals surface area contributed by atoms with E-state index in [1.54, 1.807) is 20.8 Å². The lowest BCUT2D eigenvalue weighted by atomic mass is 10.1. The summed E-state index contributed by atoms with van der Waals surface area (Å²) in [5, 5.41) is 9.51. The Kier molecular flexibility index (Phi) is 2.02. The Labute approximate surface area is 70.3 Å². The van der Waals surface area contributed by atoms with Gasteiger partial charge in [-0.1, -0.05) is 0 Å². The smallest absolute Gasteiger partial charge is 0.251 e. The maximum Gasteiger partial charge on any atom is 0.251 e. The van der Waals surface area contributed by atoms with E-state index in [1.165, 1.54) is 6.07 Å². The topological polar surface area (TPSA) is 66.0 Å². The molecule has 0 fully saturated rings.